The van der Waals surface area contributed by atoms with Gasteiger partial charge in [0.2, 0.25) is 5.91 Å². The first-order valence-corrected chi connectivity index (χ1v) is 4.10. The molecular formula is C5H12N2OS. The Bertz CT molecular complexity index is 95.0. The Balaban J connectivity index is 3.27. The molecule has 0 saturated carbocycles. The minimum Gasteiger partial charge on any atom is -0.341 e. The van der Waals surface area contributed by atoms with Crippen LogP contribution in [0.2, 0.25) is 0 Å². The minimum atomic E-state index is -0.232. The highest BCUT2D eigenvalue weighted by Gasteiger charge is 1.99. The van der Waals surface area contributed by atoms with E-state index in [2.05, 4.69) is 5.32 Å². The van der Waals surface area contributed by atoms with E-state index in [0.717, 1.165) is 0 Å². The molecule has 1 atom stereocenters. The number of hydrogen-bond acceptors (Lipinski definition) is 3. The first-order chi connectivity index (χ1) is 4.16. The molecule has 3 N–H and O–H groups in total. The van der Waals surface area contributed by atoms with Gasteiger partial charge < -0.3 is 11.1 Å². The lowest BCUT2D eigenvalue weighted by molar-refractivity contribution is -0.119. The standard InChI is InChI=1S/C5H12N2OS/c1-4(6)7-5(8)3-9-2/h4H,3,6H2,1-2H3,(H,7,8). The van der Waals surface area contributed by atoms with Crippen LogP contribution in [-0.4, -0.2) is 24.1 Å². The number of nitrogens with two attached hydrogens (primary N) is 1. The van der Waals surface area contributed by atoms with Crippen LogP contribution in [0, 0.1) is 0 Å². The van der Waals surface area contributed by atoms with Crippen molar-refractivity contribution in [1.29, 1.82) is 0 Å². The minimum absolute atomic E-state index is 0.00231. The molecule has 0 saturated heterocycles. The van der Waals surface area contributed by atoms with E-state index in [1.54, 1.807) is 6.92 Å². The van der Waals surface area contributed by atoms with E-state index in [1.807, 2.05) is 6.26 Å². The Morgan fingerprint density at radius 1 is 1.89 bits per heavy atom. The van der Waals surface area contributed by atoms with Crippen molar-refractivity contribution in [2.45, 2.75) is 13.1 Å². The fourth-order valence-electron chi connectivity index (χ4n) is 0.427. The van der Waals surface area contributed by atoms with E-state index < -0.39 is 0 Å². The second-order valence-electron chi connectivity index (χ2n) is 1.79. The SMILES string of the molecule is CSCC(=O)NC(C)N. The molecule has 0 aromatic carbocycles. The highest BCUT2D eigenvalue weighted by molar-refractivity contribution is 7.99. The topological polar surface area (TPSA) is 55.1 Å². The number of rotatable bonds is 3. The molecule has 0 heterocycles. The van der Waals surface area contributed by atoms with Gasteiger partial charge in [-0.05, 0) is 13.2 Å². The summed E-state index contributed by atoms with van der Waals surface area (Å²) in [7, 11) is 0. The van der Waals surface area contributed by atoms with Crippen LogP contribution in [0.5, 0.6) is 0 Å². The van der Waals surface area contributed by atoms with Crippen LogP contribution >= 0.6 is 11.8 Å². The molecule has 0 aliphatic rings. The van der Waals surface area contributed by atoms with Crippen LogP contribution < -0.4 is 11.1 Å². The van der Waals surface area contributed by atoms with Crippen molar-refractivity contribution in [3.05, 3.63) is 0 Å². The molecule has 1 amide bonds. The van der Waals surface area contributed by atoms with Gasteiger partial charge in [-0.1, -0.05) is 0 Å². The van der Waals surface area contributed by atoms with Crippen LogP contribution in [0.25, 0.3) is 0 Å². The fourth-order valence-corrected chi connectivity index (χ4v) is 0.772. The van der Waals surface area contributed by atoms with Gasteiger partial charge in [0.05, 0.1) is 11.9 Å². The first-order valence-electron chi connectivity index (χ1n) is 2.70. The molecule has 54 valence electrons. The van der Waals surface area contributed by atoms with Gasteiger partial charge in [0.25, 0.3) is 0 Å². The van der Waals surface area contributed by atoms with Crippen molar-refractivity contribution in [2.24, 2.45) is 5.73 Å². The summed E-state index contributed by atoms with van der Waals surface area (Å²) in [5.41, 5.74) is 5.28. The molecule has 0 aliphatic carbocycles. The first kappa shape index (κ1) is 8.78. The number of carbonyl (C=O) groups is 1. The summed E-state index contributed by atoms with van der Waals surface area (Å²) in [6.45, 7) is 1.73. The maximum Gasteiger partial charge on any atom is 0.231 e. The molecule has 3 nitrogen and oxygen atoms in total. The van der Waals surface area contributed by atoms with Gasteiger partial charge in [0, 0.05) is 0 Å². The molecular weight excluding hydrogens is 136 g/mol. The van der Waals surface area contributed by atoms with Gasteiger partial charge in [-0.15, -0.1) is 0 Å². The Hall–Kier alpha value is -0.220. The van der Waals surface area contributed by atoms with Crippen molar-refractivity contribution in [3.8, 4) is 0 Å². The van der Waals surface area contributed by atoms with Crippen LogP contribution in [0.4, 0.5) is 0 Å². The average molecular weight is 148 g/mol. The van der Waals surface area contributed by atoms with Crippen LogP contribution in [0.15, 0.2) is 0 Å². The zero-order valence-corrected chi connectivity index (χ0v) is 6.49. The molecule has 0 rings (SSSR count). The van der Waals surface area contributed by atoms with E-state index in [-0.39, 0.29) is 12.1 Å². The van der Waals surface area contributed by atoms with Crippen molar-refractivity contribution >= 4 is 17.7 Å². The highest BCUT2D eigenvalue weighted by Crippen LogP contribution is 1.88. The summed E-state index contributed by atoms with van der Waals surface area (Å²) in [5, 5.41) is 2.56. The van der Waals surface area contributed by atoms with Gasteiger partial charge in [-0.25, -0.2) is 0 Å². The van der Waals surface area contributed by atoms with Crippen molar-refractivity contribution < 1.29 is 4.79 Å². The van der Waals surface area contributed by atoms with Crippen molar-refractivity contribution in [2.75, 3.05) is 12.0 Å². The zero-order valence-electron chi connectivity index (χ0n) is 5.68. The third-order valence-corrected chi connectivity index (χ3v) is 1.21. The lowest BCUT2D eigenvalue weighted by atomic mass is 10.5. The monoisotopic (exact) mass is 148 g/mol. The summed E-state index contributed by atoms with van der Waals surface area (Å²) < 4.78 is 0. The quantitative estimate of drug-likeness (QED) is 0.544. The predicted molar refractivity (Wildman–Crippen MR) is 40.2 cm³/mol. The molecule has 1 unspecified atom stereocenters. The molecule has 0 bridgehead atoms. The smallest absolute Gasteiger partial charge is 0.231 e. The Morgan fingerprint density at radius 2 is 2.44 bits per heavy atom. The Labute approximate surface area is 59.4 Å². The summed E-state index contributed by atoms with van der Waals surface area (Å²) in [6.07, 6.45) is 1.64. The van der Waals surface area contributed by atoms with E-state index >= 15 is 0 Å². The Kier molecular flexibility index (Phi) is 4.53. The molecule has 0 aliphatic heterocycles. The van der Waals surface area contributed by atoms with Gasteiger partial charge >= 0.3 is 0 Å². The summed E-state index contributed by atoms with van der Waals surface area (Å²) in [4.78, 5) is 10.6. The molecule has 0 aromatic rings. The third-order valence-electron chi connectivity index (χ3n) is 0.664. The predicted octanol–water partition coefficient (Wildman–Crippen LogP) is -0.230. The lowest BCUT2D eigenvalue weighted by Crippen LogP contribution is -2.39. The number of nitrogens with one attached hydrogen (secondary N) is 1. The van der Waals surface area contributed by atoms with E-state index in [4.69, 9.17) is 5.73 Å². The van der Waals surface area contributed by atoms with E-state index in [0.29, 0.717) is 5.75 Å². The van der Waals surface area contributed by atoms with Crippen molar-refractivity contribution in [1.82, 2.24) is 5.32 Å². The van der Waals surface area contributed by atoms with Crippen LogP contribution in [-0.2, 0) is 4.79 Å². The second-order valence-corrected chi connectivity index (χ2v) is 2.66. The van der Waals surface area contributed by atoms with Gasteiger partial charge in [-0.2, -0.15) is 11.8 Å². The van der Waals surface area contributed by atoms with Gasteiger partial charge in [-0.3, -0.25) is 4.79 Å². The number of carbonyl (C=O) groups excluding carboxylic acids is 1. The number of hydrogen-bond donors (Lipinski definition) is 2. The number of amides is 1. The fraction of sp³-hybridized carbons (Fsp3) is 0.800. The summed E-state index contributed by atoms with van der Waals surface area (Å²) >= 11 is 1.48. The molecule has 0 spiro atoms. The second kappa shape index (κ2) is 4.64. The normalized spacial score (nSPS) is 12.8. The van der Waals surface area contributed by atoms with Crippen LogP contribution in [0.3, 0.4) is 0 Å². The molecule has 0 fully saturated rings. The molecule has 0 aromatic heterocycles. The summed E-state index contributed by atoms with van der Waals surface area (Å²) in [6, 6.07) is 0. The Morgan fingerprint density at radius 3 is 2.78 bits per heavy atom. The average Bonchev–Trinajstić information content (AvgIpc) is 1.63. The highest BCUT2D eigenvalue weighted by atomic mass is 32.2. The van der Waals surface area contributed by atoms with Crippen molar-refractivity contribution in [3.63, 3.8) is 0 Å². The summed E-state index contributed by atoms with van der Waals surface area (Å²) in [5.74, 6) is 0.485. The molecule has 4 heteroatoms. The molecule has 0 radical (unpaired) electrons. The van der Waals surface area contributed by atoms with E-state index in [1.165, 1.54) is 11.8 Å². The lowest BCUT2D eigenvalue weighted by Gasteiger charge is -2.05. The van der Waals surface area contributed by atoms with Gasteiger partial charge in [0.1, 0.15) is 0 Å². The van der Waals surface area contributed by atoms with E-state index in [9.17, 15) is 4.79 Å². The molecule has 9 heavy (non-hydrogen) atoms. The third kappa shape index (κ3) is 5.65. The van der Waals surface area contributed by atoms with Gasteiger partial charge in [0.15, 0.2) is 0 Å². The maximum atomic E-state index is 10.6. The number of thioether (sulfide) groups is 1. The largest absolute Gasteiger partial charge is 0.341 e. The maximum absolute atomic E-state index is 10.6. The van der Waals surface area contributed by atoms with Crippen LogP contribution in [0.1, 0.15) is 6.92 Å². The zero-order chi connectivity index (χ0) is 7.28.